The molecular weight excluding hydrogens is 420 g/mol. The number of rotatable bonds is 15. The Morgan fingerprint density at radius 2 is 1.24 bits per heavy atom. The molecule has 6 nitrogen and oxygen atoms in total. The molecule has 0 atom stereocenters. The van der Waals surface area contributed by atoms with Gasteiger partial charge in [-0.2, -0.15) is 0 Å². The van der Waals surface area contributed by atoms with Gasteiger partial charge in [-0.3, -0.25) is 0 Å². The van der Waals surface area contributed by atoms with Crippen LogP contribution in [0, 0.1) is 0 Å². The summed E-state index contributed by atoms with van der Waals surface area (Å²) in [6.07, 6.45) is 1.98. The number of fused-ring (bicyclic) bond motifs is 1. The molecule has 0 unspecified atom stereocenters. The molecule has 0 spiro atoms. The highest BCUT2D eigenvalue weighted by molar-refractivity contribution is 5.93. The standard InChI is InChI=1S/C27H30O6/c1-2-27(28)33-21-19-30-17-16-29-18-20-32-26-13-7-10-23-24(26)11-6-12-25(23)31-15-14-22-8-4-3-5-9-22/h2-13H,1,14-21H2. The second-order valence-electron chi connectivity index (χ2n) is 7.14. The van der Waals surface area contributed by atoms with Gasteiger partial charge in [-0.1, -0.05) is 61.2 Å². The van der Waals surface area contributed by atoms with Crippen LogP contribution in [0.1, 0.15) is 5.56 Å². The van der Waals surface area contributed by atoms with E-state index in [0.717, 1.165) is 34.8 Å². The lowest BCUT2D eigenvalue weighted by Crippen LogP contribution is -2.13. The quantitative estimate of drug-likeness (QED) is 0.192. The van der Waals surface area contributed by atoms with E-state index in [1.807, 2.05) is 54.6 Å². The Morgan fingerprint density at radius 3 is 1.88 bits per heavy atom. The third kappa shape index (κ3) is 8.25. The van der Waals surface area contributed by atoms with Crippen molar-refractivity contribution in [3.05, 3.63) is 84.9 Å². The first-order chi connectivity index (χ1) is 16.3. The van der Waals surface area contributed by atoms with E-state index < -0.39 is 5.97 Å². The molecule has 0 bridgehead atoms. The van der Waals surface area contributed by atoms with Crippen molar-refractivity contribution < 1.29 is 28.5 Å². The third-order valence-electron chi connectivity index (χ3n) is 4.83. The minimum absolute atomic E-state index is 0.201. The van der Waals surface area contributed by atoms with E-state index in [9.17, 15) is 4.79 Å². The Morgan fingerprint density at radius 1 is 0.667 bits per heavy atom. The molecule has 3 aromatic rings. The number of ether oxygens (including phenoxy) is 5. The van der Waals surface area contributed by atoms with E-state index in [2.05, 4.69) is 18.7 Å². The monoisotopic (exact) mass is 450 g/mol. The topological polar surface area (TPSA) is 63.2 Å². The molecule has 0 saturated heterocycles. The zero-order valence-corrected chi connectivity index (χ0v) is 18.7. The van der Waals surface area contributed by atoms with Crippen molar-refractivity contribution in [3.63, 3.8) is 0 Å². The molecule has 0 N–H and O–H groups in total. The molecule has 3 rings (SSSR count). The first-order valence-corrected chi connectivity index (χ1v) is 11.0. The highest BCUT2D eigenvalue weighted by Gasteiger charge is 2.07. The van der Waals surface area contributed by atoms with Crippen LogP contribution in [0.5, 0.6) is 11.5 Å². The molecule has 3 aromatic carbocycles. The van der Waals surface area contributed by atoms with Crippen LogP contribution in [0.15, 0.2) is 79.4 Å². The fraction of sp³-hybridized carbons (Fsp3) is 0.296. The fourth-order valence-corrected chi connectivity index (χ4v) is 3.22. The van der Waals surface area contributed by atoms with Gasteiger partial charge < -0.3 is 23.7 Å². The second-order valence-corrected chi connectivity index (χ2v) is 7.14. The molecule has 0 aliphatic heterocycles. The summed E-state index contributed by atoms with van der Waals surface area (Å²) in [5.41, 5.74) is 1.25. The fourth-order valence-electron chi connectivity index (χ4n) is 3.22. The number of benzene rings is 3. The molecule has 33 heavy (non-hydrogen) atoms. The van der Waals surface area contributed by atoms with E-state index in [4.69, 9.17) is 23.7 Å². The molecule has 174 valence electrons. The van der Waals surface area contributed by atoms with Crippen LogP contribution < -0.4 is 9.47 Å². The van der Waals surface area contributed by atoms with Gasteiger partial charge in [-0.05, 0) is 17.7 Å². The summed E-state index contributed by atoms with van der Waals surface area (Å²) in [7, 11) is 0. The molecule has 6 heteroatoms. The zero-order chi connectivity index (χ0) is 23.1. The van der Waals surface area contributed by atoms with Gasteiger partial charge in [0.15, 0.2) is 0 Å². The third-order valence-corrected chi connectivity index (χ3v) is 4.83. The predicted molar refractivity (Wildman–Crippen MR) is 128 cm³/mol. The summed E-state index contributed by atoms with van der Waals surface area (Å²) >= 11 is 0. The van der Waals surface area contributed by atoms with Gasteiger partial charge in [0.05, 0.1) is 33.0 Å². The van der Waals surface area contributed by atoms with Crippen LogP contribution in [0.3, 0.4) is 0 Å². The Kier molecular flexibility index (Phi) is 10.3. The van der Waals surface area contributed by atoms with E-state index in [0.29, 0.717) is 39.6 Å². The van der Waals surface area contributed by atoms with Gasteiger partial charge in [0.1, 0.15) is 24.7 Å². The molecule has 0 radical (unpaired) electrons. The summed E-state index contributed by atoms with van der Waals surface area (Å²) in [4.78, 5) is 10.9. The van der Waals surface area contributed by atoms with Crippen molar-refractivity contribution in [2.24, 2.45) is 0 Å². The average molecular weight is 451 g/mol. The summed E-state index contributed by atoms with van der Waals surface area (Å²) in [6.45, 7) is 6.19. The highest BCUT2D eigenvalue weighted by Crippen LogP contribution is 2.32. The maximum atomic E-state index is 10.9. The first kappa shape index (κ1) is 24.3. The molecule has 0 aliphatic rings. The van der Waals surface area contributed by atoms with Crippen molar-refractivity contribution in [1.29, 1.82) is 0 Å². The van der Waals surface area contributed by atoms with Crippen LogP contribution in [0.25, 0.3) is 10.8 Å². The lowest BCUT2D eigenvalue weighted by molar-refractivity contribution is -0.139. The van der Waals surface area contributed by atoms with Gasteiger partial charge in [0, 0.05) is 23.3 Å². The van der Waals surface area contributed by atoms with Crippen molar-refractivity contribution >= 4 is 16.7 Å². The molecule has 0 heterocycles. The van der Waals surface area contributed by atoms with Crippen LogP contribution in [0.2, 0.25) is 0 Å². The maximum Gasteiger partial charge on any atom is 0.330 e. The summed E-state index contributed by atoms with van der Waals surface area (Å²) < 4.78 is 27.7. The zero-order valence-electron chi connectivity index (χ0n) is 18.7. The molecule has 0 saturated carbocycles. The maximum absolute atomic E-state index is 10.9. The highest BCUT2D eigenvalue weighted by atomic mass is 16.6. The summed E-state index contributed by atoms with van der Waals surface area (Å²) in [5, 5.41) is 2.03. The number of hydrogen-bond donors (Lipinski definition) is 0. The Labute approximate surface area is 194 Å². The molecule has 0 fully saturated rings. The largest absolute Gasteiger partial charge is 0.493 e. The SMILES string of the molecule is C=CC(=O)OCCOCCOCCOc1cccc2c(OCCc3ccccc3)cccc12. The minimum Gasteiger partial charge on any atom is -0.493 e. The number of carbonyl (C=O) groups excluding carboxylic acids is 1. The van der Waals surface area contributed by atoms with Crippen LogP contribution in [-0.4, -0.2) is 52.2 Å². The smallest absolute Gasteiger partial charge is 0.330 e. The number of esters is 1. The number of hydrogen-bond acceptors (Lipinski definition) is 6. The van der Waals surface area contributed by atoms with Crippen LogP contribution in [0.4, 0.5) is 0 Å². The van der Waals surface area contributed by atoms with Crippen molar-refractivity contribution in [2.75, 3.05) is 46.2 Å². The normalized spacial score (nSPS) is 10.7. The van der Waals surface area contributed by atoms with Gasteiger partial charge >= 0.3 is 5.97 Å². The summed E-state index contributed by atoms with van der Waals surface area (Å²) in [5.74, 6) is 1.19. The lowest BCUT2D eigenvalue weighted by Gasteiger charge is -2.13. The van der Waals surface area contributed by atoms with Gasteiger partial charge in [-0.15, -0.1) is 0 Å². The molecule has 0 amide bonds. The van der Waals surface area contributed by atoms with Crippen molar-refractivity contribution in [1.82, 2.24) is 0 Å². The molecule has 0 aromatic heterocycles. The van der Waals surface area contributed by atoms with Crippen molar-refractivity contribution in [2.45, 2.75) is 6.42 Å². The van der Waals surface area contributed by atoms with Gasteiger partial charge in [-0.25, -0.2) is 4.79 Å². The minimum atomic E-state index is -0.452. The second kappa shape index (κ2) is 13.9. The number of carbonyl (C=O) groups is 1. The van der Waals surface area contributed by atoms with E-state index in [1.54, 1.807) is 0 Å². The molecular formula is C27H30O6. The lowest BCUT2D eigenvalue weighted by atomic mass is 10.1. The van der Waals surface area contributed by atoms with Gasteiger partial charge in [0.2, 0.25) is 0 Å². The van der Waals surface area contributed by atoms with E-state index >= 15 is 0 Å². The average Bonchev–Trinajstić information content (AvgIpc) is 2.86. The van der Waals surface area contributed by atoms with Crippen LogP contribution >= 0.6 is 0 Å². The van der Waals surface area contributed by atoms with E-state index in [-0.39, 0.29) is 6.61 Å². The molecule has 0 aliphatic carbocycles. The first-order valence-electron chi connectivity index (χ1n) is 11.0. The Balaban J connectivity index is 1.39. The summed E-state index contributed by atoms with van der Waals surface area (Å²) in [6, 6.07) is 22.3. The van der Waals surface area contributed by atoms with E-state index in [1.165, 1.54) is 5.56 Å². The van der Waals surface area contributed by atoms with Crippen molar-refractivity contribution in [3.8, 4) is 11.5 Å². The predicted octanol–water partition coefficient (Wildman–Crippen LogP) is 4.60. The van der Waals surface area contributed by atoms with Crippen LogP contribution in [-0.2, 0) is 25.4 Å². The Hall–Kier alpha value is -3.35. The Bertz CT molecular complexity index is 1000. The van der Waals surface area contributed by atoms with Gasteiger partial charge in [0.25, 0.3) is 0 Å².